The lowest BCUT2D eigenvalue weighted by Gasteiger charge is -2.35. The van der Waals surface area contributed by atoms with Crippen molar-refractivity contribution in [2.45, 2.75) is 5.41 Å². The van der Waals surface area contributed by atoms with Crippen LogP contribution in [0.3, 0.4) is 0 Å². The third-order valence-corrected chi connectivity index (χ3v) is 15.8. The van der Waals surface area contributed by atoms with Crippen LogP contribution in [0.4, 0.5) is 17.1 Å². The molecule has 1 aliphatic carbocycles. The quantitative estimate of drug-likeness (QED) is 0.147. The van der Waals surface area contributed by atoms with E-state index in [-0.39, 0.29) is 0 Å². The second-order valence-corrected chi connectivity index (χ2v) is 19.5. The number of anilines is 3. The molecule has 0 amide bonds. The van der Waals surface area contributed by atoms with Gasteiger partial charge in [0, 0.05) is 53.7 Å². The minimum absolute atomic E-state index is 0.535. The van der Waals surface area contributed by atoms with Crippen LogP contribution in [0, 0.1) is 0 Å². The van der Waals surface area contributed by atoms with Crippen LogP contribution in [0.2, 0.25) is 0 Å². The number of benzene rings is 11. The van der Waals surface area contributed by atoms with Crippen LogP contribution in [-0.2, 0) is 5.41 Å². The van der Waals surface area contributed by atoms with Crippen LogP contribution < -0.4 is 4.90 Å². The third-order valence-electron chi connectivity index (χ3n) is 14.6. The van der Waals surface area contributed by atoms with Gasteiger partial charge in [-0.3, -0.25) is 0 Å². The Morgan fingerprint density at radius 3 is 1.61 bits per heavy atom. The number of fused-ring (bicyclic) bond motifs is 9. The monoisotopic (exact) mass is 908 g/mol. The molecule has 2 aromatic heterocycles. The van der Waals surface area contributed by atoms with E-state index in [0.29, 0.717) is 0 Å². The zero-order chi connectivity index (χ0) is 46.2. The van der Waals surface area contributed by atoms with Crippen LogP contribution in [0.15, 0.2) is 267 Å². The Hall–Kier alpha value is -8.76. The fourth-order valence-corrected chi connectivity index (χ4v) is 12.7. The molecule has 1 aliphatic rings. The molecule has 0 radical (unpaired) electrons. The van der Waals surface area contributed by atoms with E-state index in [9.17, 15) is 0 Å². The van der Waals surface area contributed by atoms with Gasteiger partial charge in [-0.05, 0) is 147 Å². The summed E-state index contributed by atoms with van der Waals surface area (Å²) in [7, 11) is 0. The lowest BCUT2D eigenvalue weighted by atomic mass is 9.67. The Bertz CT molecular complexity index is 4070. The highest BCUT2D eigenvalue weighted by Crippen LogP contribution is 2.57. The number of nitrogens with zero attached hydrogens (tertiary/aromatic N) is 2. The Balaban J connectivity index is 1.02. The van der Waals surface area contributed by atoms with E-state index in [2.05, 4.69) is 276 Å². The van der Waals surface area contributed by atoms with E-state index in [4.69, 9.17) is 0 Å². The molecule has 0 N–H and O–H groups in total. The molecule has 0 unspecified atom stereocenters. The van der Waals surface area contributed by atoms with Gasteiger partial charge in [-0.25, -0.2) is 0 Å². The zero-order valence-corrected chi connectivity index (χ0v) is 39.0. The molecular formula is C67H44N2S. The molecule has 3 heteroatoms. The summed E-state index contributed by atoms with van der Waals surface area (Å²) >= 11 is 1.86. The van der Waals surface area contributed by atoms with Gasteiger partial charge in [-0.2, -0.15) is 0 Å². The number of hydrogen-bond donors (Lipinski definition) is 0. The molecule has 11 aromatic carbocycles. The summed E-state index contributed by atoms with van der Waals surface area (Å²) in [6, 6.07) is 98.8. The maximum absolute atomic E-state index is 2.47. The average Bonchev–Trinajstić information content (AvgIpc) is 4.08. The Kier molecular flexibility index (Phi) is 9.33. The molecule has 0 bridgehead atoms. The molecule has 328 valence electrons. The number of hydrogen-bond acceptors (Lipinski definition) is 2. The maximum Gasteiger partial charge on any atom is 0.0714 e. The van der Waals surface area contributed by atoms with Crippen molar-refractivity contribution >= 4 is 70.4 Å². The molecule has 13 aromatic rings. The second-order valence-electron chi connectivity index (χ2n) is 18.4. The molecular weight excluding hydrogens is 865 g/mol. The SMILES string of the molecule is c1ccc(N(c2cc(-c3ccc4sc5ccccc5c4c3)cc(-c3ccc4c(c3)c3ccccc3n4-c3ccccc3)c2)c2ccc3c(c2)C(c2ccccc2)(c2ccccc2)c2ccccc2-3)cc1. The van der Waals surface area contributed by atoms with Gasteiger partial charge in [0.15, 0.2) is 0 Å². The minimum atomic E-state index is -0.535. The lowest BCUT2D eigenvalue weighted by Crippen LogP contribution is -2.28. The van der Waals surface area contributed by atoms with Gasteiger partial charge < -0.3 is 9.47 Å². The maximum atomic E-state index is 2.47. The van der Waals surface area contributed by atoms with E-state index in [0.717, 1.165) is 33.9 Å². The topological polar surface area (TPSA) is 8.17 Å². The van der Waals surface area contributed by atoms with Crippen molar-refractivity contribution in [3.8, 4) is 39.1 Å². The van der Waals surface area contributed by atoms with Gasteiger partial charge in [0.1, 0.15) is 0 Å². The molecule has 0 saturated heterocycles. The number of rotatable bonds is 8. The molecule has 0 spiro atoms. The summed E-state index contributed by atoms with van der Waals surface area (Å²) in [6.45, 7) is 0. The smallest absolute Gasteiger partial charge is 0.0714 e. The fraction of sp³-hybridized carbons (Fsp3) is 0.0149. The summed E-state index contributed by atoms with van der Waals surface area (Å²) in [4.78, 5) is 2.47. The summed E-state index contributed by atoms with van der Waals surface area (Å²) in [5, 5.41) is 5.05. The second kappa shape index (κ2) is 16.2. The molecule has 0 atom stereocenters. The molecule has 0 saturated carbocycles. The number of para-hydroxylation sites is 3. The summed E-state index contributed by atoms with van der Waals surface area (Å²) in [5.41, 5.74) is 18.5. The van der Waals surface area contributed by atoms with Crippen molar-refractivity contribution in [1.29, 1.82) is 0 Å². The average molecular weight is 909 g/mol. The van der Waals surface area contributed by atoms with E-state index in [1.165, 1.54) is 86.5 Å². The van der Waals surface area contributed by atoms with Gasteiger partial charge in [0.2, 0.25) is 0 Å². The summed E-state index contributed by atoms with van der Waals surface area (Å²) in [5.74, 6) is 0. The summed E-state index contributed by atoms with van der Waals surface area (Å²) < 4.78 is 5.00. The van der Waals surface area contributed by atoms with Gasteiger partial charge in [0.25, 0.3) is 0 Å². The van der Waals surface area contributed by atoms with E-state index < -0.39 is 5.41 Å². The van der Waals surface area contributed by atoms with Crippen LogP contribution in [-0.4, -0.2) is 4.57 Å². The van der Waals surface area contributed by atoms with Crippen molar-refractivity contribution < 1.29 is 0 Å². The first-order valence-electron chi connectivity index (χ1n) is 24.1. The predicted molar refractivity (Wildman–Crippen MR) is 297 cm³/mol. The molecule has 2 nitrogen and oxygen atoms in total. The van der Waals surface area contributed by atoms with Gasteiger partial charge in [-0.1, -0.05) is 176 Å². The Morgan fingerprint density at radius 1 is 0.314 bits per heavy atom. The van der Waals surface area contributed by atoms with Gasteiger partial charge >= 0.3 is 0 Å². The Labute approximate surface area is 411 Å². The van der Waals surface area contributed by atoms with Crippen LogP contribution in [0.25, 0.3) is 81.0 Å². The van der Waals surface area contributed by atoms with Gasteiger partial charge in [0.05, 0.1) is 16.4 Å². The highest BCUT2D eigenvalue weighted by atomic mass is 32.1. The van der Waals surface area contributed by atoms with Crippen LogP contribution in [0.1, 0.15) is 22.3 Å². The van der Waals surface area contributed by atoms with E-state index in [1.807, 2.05) is 11.3 Å². The molecule has 70 heavy (non-hydrogen) atoms. The highest BCUT2D eigenvalue weighted by Gasteiger charge is 2.46. The van der Waals surface area contributed by atoms with Crippen molar-refractivity contribution in [3.63, 3.8) is 0 Å². The number of aromatic nitrogens is 1. The lowest BCUT2D eigenvalue weighted by molar-refractivity contribution is 0.768. The van der Waals surface area contributed by atoms with Crippen molar-refractivity contribution in [3.05, 3.63) is 289 Å². The number of thiophene rings is 1. The minimum Gasteiger partial charge on any atom is -0.310 e. The fourth-order valence-electron chi connectivity index (χ4n) is 11.6. The molecule has 0 fully saturated rings. The Morgan fingerprint density at radius 2 is 0.871 bits per heavy atom. The van der Waals surface area contributed by atoms with Crippen molar-refractivity contribution in [1.82, 2.24) is 4.57 Å². The molecule has 2 heterocycles. The third kappa shape index (κ3) is 6.25. The van der Waals surface area contributed by atoms with Crippen LogP contribution >= 0.6 is 11.3 Å². The van der Waals surface area contributed by atoms with Gasteiger partial charge in [-0.15, -0.1) is 11.3 Å². The largest absolute Gasteiger partial charge is 0.310 e. The van der Waals surface area contributed by atoms with E-state index >= 15 is 0 Å². The van der Waals surface area contributed by atoms with E-state index in [1.54, 1.807) is 0 Å². The molecule has 0 aliphatic heterocycles. The van der Waals surface area contributed by atoms with Crippen LogP contribution in [0.5, 0.6) is 0 Å². The first-order valence-corrected chi connectivity index (χ1v) is 24.9. The summed E-state index contributed by atoms with van der Waals surface area (Å²) in [6.07, 6.45) is 0. The van der Waals surface area contributed by atoms with Crippen molar-refractivity contribution in [2.75, 3.05) is 4.90 Å². The highest BCUT2D eigenvalue weighted by molar-refractivity contribution is 7.25. The first kappa shape index (κ1) is 40.3. The predicted octanol–water partition coefficient (Wildman–Crippen LogP) is 18.3. The zero-order valence-electron chi connectivity index (χ0n) is 38.2. The van der Waals surface area contributed by atoms with Crippen molar-refractivity contribution in [2.24, 2.45) is 0 Å². The normalized spacial score (nSPS) is 12.7. The first-order chi connectivity index (χ1) is 34.7. The molecule has 14 rings (SSSR count). The standard InChI is InChI=1S/C67H44N2S/c1-5-19-49(20-6-1)67(50-21-7-2-8-22-50)61-30-16-13-27-55(61)56-36-35-53(44-62(56)67)68(51-23-9-3-10-24-51)54-40-47(39-48(41-54)46-34-38-66-60(43-46)58-29-15-18-32-65(58)70-66)45-33-37-64-59(42-45)57-28-14-17-31-63(57)69(64)52-25-11-4-12-26-52/h1-44H.